The lowest BCUT2D eigenvalue weighted by Gasteiger charge is -2.23. The van der Waals surface area contributed by atoms with Crippen molar-refractivity contribution in [2.45, 2.75) is 13.3 Å². The molecule has 0 aromatic heterocycles. The standard InChI is InChI=1S/C19H24FN4O4P/c1-2-24(13-12-21-19(25)10-11-20)17-8-6-15(7-9-17)22-23-16-4-3-5-18(14-16)29(26,27)28/h3-9,14H,2,10-13H2,1H3,(H,21,25)(H2,26,27,28)/b23-22+. The smallest absolute Gasteiger partial charge is 0.356 e. The minimum atomic E-state index is -4.33. The summed E-state index contributed by atoms with van der Waals surface area (Å²) >= 11 is 0. The van der Waals surface area contributed by atoms with E-state index in [0.29, 0.717) is 24.5 Å². The molecule has 0 unspecified atom stereocenters. The first kappa shape index (κ1) is 22.7. The molecule has 0 spiro atoms. The van der Waals surface area contributed by atoms with Crippen LogP contribution >= 0.6 is 7.60 Å². The molecule has 0 saturated carbocycles. The van der Waals surface area contributed by atoms with Gasteiger partial charge in [0.05, 0.1) is 29.8 Å². The summed E-state index contributed by atoms with van der Waals surface area (Å²) in [5, 5.41) is 10.7. The number of hydrogen-bond acceptors (Lipinski definition) is 5. The van der Waals surface area contributed by atoms with Crippen molar-refractivity contribution >= 4 is 35.9 Å². The van der Waals surface area contributed by atoms with Gasteiger partial charge in [0, 0.05) is 25.3 Å². The van der Waals surface area contributed by atoms with Crippen molar-refractivity contribution in [2.75, 3.05) is 31.2 Å². The van der Waals surface area contributed by atoms with Crippen LogP contribution in [0.2, 0.25) is 0 Å². The van der Waals surface area contributed by atoms with Crippen LogP contribution < -0.4 is 15.5 Å². The molecule has 8 nitrogen and oxygen atoms in total. The number of halogens is 1. The van der Waals surface area contributed by atoms with Crippen molar-refractivity contribution in [3.63, 3.8) is 0 Å². The number of azo groups is 1. The molecule has 0 aliphatic carbocycles. The molecular formula is C19H24FN4O4P. The number of rotatable bonds is 10. The molecule has 0 fully saturated rings. The third kappa shape index (κ3) is 7.38. The second-order valence-electron chi connectivity index (χ2n) is 6.15. The average molecular weight is 422 g/mol. The van der Waals surface area contributed by atoms with E-state index in [-0.39, 0.29) is 17.6 Å². The predicted molar refractivity (Wildman–Crippen MR) is 110 cm³/mol. The third-order valence-corrected chi connectivity index (χ3v) is 5.02. The van der Waals surface area contributed by atoms with Crippen LogP contribution in [0.1, 0.15) is 13.3 Å². The number of carbonyl (C=O) groups is 1. The summed E-state index contributed by atoms with van der Waals surface area (Å²) in [6.45, 7) is 3.07. The fraction of sp³-hybridized carbons (Fsp3) is 0.316. The van der Waals surface area contributed by atoms with Gasteiger partial charge in [-0.15, -0.1) is 0 Å². The number of carbonyl (C=O) groups excluding carboxylic acids is 1. The molecule has 1 amide bonds. The van der Waals surface area contributed by atoms with Crippen LogP contribution in [0.3, 0.4) is 0 Å². The molecule has 0 heterocycles. The van der Waals surface area contributed by atoms with Gasteiger partial charge >= 0.3 is 7.60 Å². The Morgan fingerprint density at radius 2 is 1.83 bits per heavy atom. The van der Waals surface area contributed by atoms with Crippen molar-refractivity contribution in [2.24, 2.45) is 10.2 Å². The summed E-state index contributed by atoms with van der Waals surface area (Å²) in [6.07, 6.45) is -0.122. The van der Waals surface area contributed by atoms with Crippen LogP contribution in [0.15, 0.2) is 58.8 Å². The number of benzene rings is 2. The Labute approximate surface area is 168 Å². The normalized spacial score (nSPS) is 11.6. The lowest BCUT2D eigenvalue weighted by atomic mass is 10.2. The summed E-state index contributed by atoms with van der Waals surface area (Å²) in [5.74, 6) is -0.304. The lowest BCUT2D eigenvalue weighted by Crippen LogP contribution is -2.35. The number of amides is 1. The maximum atomic E-state index is 12.1. The highest BCUT2D eigenvalue weighted by atomic mass is 31.2. The van der Waals surface area contributed by atoms with Crippen LogP contribution in [0.25, 0.3) is 0 Å². The molecule has 0 aliphatic heterocycles. The number of anilines is 1. The number of likely N-dealkylation sites (N-methyl/N-ethyl adjacent to an activating group) is 1. The van der Waals surface area contributed by atoms with Gasteiger partial charge in [0.15, 0.2) is 0 Å². The molecule has 0 atom stereocenters. The van der Waals surface area contributed by atoms with Crippen molar-refractivity contribution in [3.05, 3.63) is 48.5 Å². The average Bonchev–Trinajstić information content (AvgIpc) is 2.70. The van der Waals surface area contributed by atoms with E-state index in [4.69, 9.17) is 0 Å². The van der Waals surface area contributed by atoms with E-state index in [2.05, 4.69) is 20.4 Å². The van der Waals surface area contributed by atoms with Crippen LogP contribution in [0.4, 0.5) is 21.5 Å². The Bertz CT molecular complexity index is 886. The van der Waals surface area contributed by atoms with E-state index in [9.17, 15) is 23.5 Å². The number of nitrogens with zero attached hydrogens (tertiary/aromatic N) is 3. The van der Waals surface area contributed by atoms with E-state index in [1.165, 1.54) is 18.2 Å². The molecule has 0 bridgehead atoms. The Kier molecular flexibility index (Phi) is 8.45. The van der Waals surface area contributed by atoms with Gasteiger partial charge in [0.1, 0.15) is 0 Å². The first-order valence-electron chi connectivity index (χ1n) is 9.09. The molecule has 0 saturated heterocycles. The summed E-state index contributed by atoms with van der Waals surface area (Å²) in [4.78, 5) is 31.8. The molecule has 10 heteroatoms. The Morgan fingerprint density at radius 1 is 1.14 bits per heavy atom. The van der Waals surface area contributed by atoms with Crippen molar-refractivity contribution < 1.29 is 23.5 Å². The molecule has 2 aromatic carbocycles. The molecule has 0 radical (unpaired) electrons. The zero-order valence-corrected chi connectivity index (χ0v) is 16.9. The Hall–Kier alpha value is -2.61. The minimum absolute atomic E-state index is 0.110. The van der Waals surface area contributed by atoms with Gasteiger partial charge in [-0.1, -0.05) is 6.07 Å². The van der Waals surface area contributed by atoms with E-state index >= 15 is 0 Å². The van der Waals surface area contributed by atoms with Crippen LogP contribution in [-0.2, 0) is 9.36 Å². The van der Waals surface area contributed by atoms with Gasteiger partial charge < -0.3 is 20.0 Å². The van der Waals surface area contributed by atoms with Gasteiger partial charge in [-0.2, -0.15) is 10.2 Å². The maximum Gasteiger partial charge on any atom is 0.356 e. The molecule has 2 rings (SSSR count). The fourth-order valence-electron chi connectivity index (χ4n) is 2.56. The first-order chi connectivity index (χ1) is 13.8. The second-order valence-corrected chi connectivity index (χ2v) is 7.75. The highest BCUT2D eigenvalue weighted by Gasteiger charge is 2.16. The molecule has 29 heavy (non-hydrogen) atoms. The van der Waals surface area contributed by atoms with Crippen LogP contribution in [0, 0.1) is 0 Å². The Balaban J connectivity index is 1.99. The van der Waals surface area contributed by atoms with Gasteiger partial charge in [-0.25, -0.2) is 0 Å². The monoisotopic (exact) mass is 422 g/mol. The largest absolute Gasteiger partial charge is 0.370 e. The molecule has 156 valence electrons. The summed E-state index contributed by atoms with van der Waals surface area (Å²) < 4.78 is 23.4. The first-order valence-corrected chi connectivity index (χ1v) is 10.7. The minimum Gasteiger partial charge on any atom is -0.370 e. The van der Waals surface area contributed by atoms with Gasteiger partial charge in [-0.05, 0) is 49.4 Å². The number of alkyl halides is 1. The highest BCUT2D eigenvalue weighted by Crippen LogP contribution is 2.34. The van der Waals surface area contributed by atoms with Crippen molar-refractivity contribution in [3.8, 4) is 0 Å². The second kappa shape index (κ2) is 10.8. The molecular weight excluding hydrogens is 398 g/mol. The number of nitrogens with one attached hydrogen (secondary N) is 1. The van der Waals surface area contributed by atoms with Crippen molar-refractivity contribution in [1.29, 1.82) is 0 Å². The van der Waals surface area contributed by atoms with E-state index in [1.54, 1.807) is 18.2 Å². The third-order valence-electron chi connectivity index (χ3n) is 4.07. The Morgan fingerprint density at radius 3 is 2.45 bits per heavy atom. The predicted octanol–water partition coefficient (Wildman–Crippen LogP) is 3.21. The van der Waals surface area contributed by atoms with Gasteiger partial charge in [0.2, 0.25) is 5.91 Å². The van der Waals surface area contributed by atoms with Gasteiger partial charge in [-0.3, -0.25) is 13.8 Å². The van der Waals surface area contributed by atoms with Gasteiger partial charge in [0.25, 0.3) is 0 Å². The van der Waals surface area contributed by atoms with E-state index in [1.807, 2.05) is 19.1 Å². The summed E-state index contributed by atoms with van der Waals surface area (Å²) in [6, 6.07) is 13.0. The molecule has 0 aliphatic rings. The SMILES string of the molecule is CCN(CCNC(=O)CCF)c1ccc(/N=N/c2cccc(P(=O)(O)O)c2)cc1. The van der Waals surface area contributed by atoms with Crippen LogP contribution in [-0.4, -0.2) is 42.0 Å². The maximum absolute atomic E-state index is 12.1. The topological polar surface area (TPSA) is 115 Å². The molecule has 3 N–H and O–H groups in total. The number of hydrogen-bond donors (Lipinski definition) is 3. The van der Waals surface area contributed by atoms with Crippen LogP contribution in [0.5, 0.6) is 0 Å². The molecule has 2 aromatic rings. The van der Waals surface area contributed by atoms with E-state index in [0.717, 1.165) is 12.2 Å². The lowest BCUT2D eigenvalue weighted by molar-refractivity contribution is -0.121. The zero-order valence-electron chi connectivity index (χ0n) is 16.0. The quantitative estimate of drug-likeness (QED) is 0.402. The highest BCUT2D eigenvalue weighted by molar-refractivity contribution is 7.60. The fourth-order valence-corrected chi connectivity index (χ4v) is 3.14. The summed E-state index contributed by atoms with van der Waals surface area (Å²) in [5.41, 5.74) is 1.87. The summed E-state index contributed by atoms with van der Waals surface area (Å²) in [7, 11) is -4.33. The zero-order chi connectivity index (χ0) is 21.3. The van der Waals surface area contributed by atoms with Crippen molar-refractivity contribution in [1.82, 2.24) is 5.32 Å². The van der Waals surface area contributed by atoms with E-state index < -0.39 is 14.3 Å².